The number of carbonyl (C=O) groups is 1. The van der Waals surface area contributed by atoms with E-state index in [4.69, 9.17) is 16.7 Å². The van der Waals surface area contributed by atoms with Gasteiger partial charge in [-0.3, -0.25) is 4.79 Å². The molecule has 0 bridgehead atoms. The minimum atomic E-state index is -4.54. The van der Waals surface area contributed by atoms with Gasteiger partial charge in [-0.15, -0.1) is 0 Å². The predicted molar refractivity (Wildman–Crippen MR) is 74.2 cm³/mol. The first-order valence-corrected chi connectivity index (χ1v) is 6.35. The number of rotatable bonds is 3. The first-order valence-electron chi connectivity index (χ1n) is 5.97. The number of hydrogen-bond acceptors (Lipinski definition) is 2. The Morgan fingerprint density at radius 3 is 2.27 bits per heavy atom. The maximum Gasteiger partial charge on any atom is 0.406 e. The van der Waals surface area contributed by atoms with Crippen molar-refractivity contribution in [3.63, 3.8) is 0 Å². The van der Waals surface area contributed by atoms with E-state index in [0.29, 0.717) is 15.8 Å². The molecule has 0 aliphatic carbocycles. The molecule has 0 saturated heterocycles. The number of alkyl halides is 3. The van der Waals surface area contributed by atoms with Crippen LogP contribution in [-0.2, 0) is 6.54 Å². The van der Waals surface area contributed by atoms with Gasteiger partial charge < -0.3 is 9.67 Å². The van der Waals surface area contributed by atoms with Crippen LogP contribution in [0.25, 0.3) is 11.1 Å². The van der Waals surface area contributed by atoms with Crippen molar-refractivity contribution in [2.45, 2.75) is 12.7 Å². The Hall–Kier alpha value is -2.28. The zero-order chi connectivity index (χ0) is 16.5. The van der Waals surface area contributed by atoms with Gasteiger partial charge in [0.05, 0.1) is 0 Å². The number of aromatic carboxylic acids is 1. The molecule has 0 fully saturated rings. The van der Waals surface area contributed by atoms with E-state index in [1.54, 1.807) is 0 Å². The third-order valence-electron chi connectivity index (χ3n) is 2.83. The Labute approximate surface area is 127 Å². The van der Waals surface area contributed by atoms with Crippen molar-refractivity contribution < 1.29 is 23.1 Å². The average molecular weight is 332 g/mol. The summed E-state index contributed by atoms with van der Waals surface area (Å²) in [6.45, 7) is -1.39. The molecule has 0 amide bonds. The summed E-state index contributed by atoms with van der Waals surface area (Å²) in [5.74, 6) is -1.59. The van der Waals surface area contributed by atoms with Gasteiger partial charge in [-0.1, -0.05) is 23.7 Å². The Bertz CT molecular complexity index is 766. The molecule has 2 rings (SSSR count). The highest BCUT2D eigenvalue weighted by Crippen LogP contribution is 2.22. The fourth-order valence-electron chi connectivity index (χ4n) is 1.92. The van der Waals surface area contributed by atoms with Crippen molar-refractivity contribution in [3.8, 4) is 11.1 Å². The highest BCUT2D eigenvalue weighted by molar-refractivity contribution is 6.30. The summed E-state index contributed by atoms with van der Waals surface area (Å²) in [5, 5.41) is 9.37. The largest absolute Gasteiger partial charge is 0.477 e. The quantitative estimate of drug-likeness (QED) is 0.937. The molecule has 0 aliphatic heterocycles. The second kappa shape index (κ2) is 5.84. The zero-order valence-electron chi connectivity index (χ0n) is 10.9. The van der Waals surface area contributed by atoms with Gasteiger partial charge in [0.15, 0.2) is 0 Å². The van der Waals surface area contributed by atoms with Crippen LogP contribution < -0.4 is 5.43 Å². The standard InChI is InChI=1S/C14H9ClF3NO3/c15-9-3-1-8(2-4-9)10-5-19(7-14(16,17)18)6-11(12(10)20)13(21)22/h1-6H,7H2,(H,21,22). The minimum Gasteiger partial charge on any atom is -0.477 e. The lowest BCUT2D eigenvalue weighted by atomic mass is 10.1. The molecule has 0 radical (unpaired) electrons. The molecule has 1 heterocycles. The van der Waals surface area contributed by atoms with Gasteiger partial charge in [-0.2, -0.15) is 13.2 Å². The van der Waals surface area contributed by atoms with Crippen LogP contribution in [0.15, 0.2) is 41.5 Å². The first-order chi connectivity index (χ1) is 10.2. The average Bonchev–Trinajstić information content (AvgIpc) is 2.39. The number of benzene rings is 1. The lowest BCUT2D eigenvalue weighted by Crippen LogP contribution is -2.24. The number of carboxylic acid groups (broad SMARTS) is 1. The van der Waals surface area contributed by atoms with Crippen molar-refractivity contribution in [2.24, 2.45) is 0 Å². The van der Waals surface area contributed by atoms with Crippen LogP contribution in [0.5, 0.6) is 0 Å². The third kappa shape index (κ3) is 3.67. The van der Waals surface area contributed by atoms with Gasteiger partial charge in [0.2, 0.25) is 5.43 Å². The van der Waals surface area contributed by atoms with Crippen LogP contribution >= 0.6 is 11.6 Å². The topological polar surface area (TPSA) is 59.3 Å². The molecular formula is C14H9ClF3NO3. The van der Waals surface area contributed by atoms with E-state index in [-0.39, 0.29) is 11.1 Å². The normalized spacial score (nSPS) is 11.5. The molecule has 1 N–H and O–H groups in total. The number of hydrogen-bond donors (Lipinski definition) is 1. The van der Waals surface area contributed by atoms with Crippen LogP contribution in [0.2, 0.25) is 5.02 Å². The highest BCUT2D eigenvalue weighted by atomic mass is 35.5. The summed E-state index contributed by atoms with van der Waals surface area (Å²) in [6.07, 6.45) is -2.88. The summed E-state index contributed by atoms with van der Waals surface area (Å²) in [7, 11) is 0. The van der Waals surface area contributed by atoms with Crippen molar-refractivity contribution in [1.82, 2.24) is 4.57 Å². The number of nitrogens with zero attached hydrogens (tertiary/aromatic N) is 1. The lowest BCUT2D eigenvalue weighted by Gasteiger charge is -2.13. The number of carboxylic acids is 1. The maximum atomic E-state index is 12.5. The Morgan fingerprint density at radius 2 is 1.77 bits per heavy atom. The molecule has 0 aliphatic rings. The molecule has 0 unspecified atom stereocenters. The monoisotopic (exact) mass is 331 g/mol. The van der Waals surface area contributed by atoms with Crippen LogP contribution in [0.3, 0.4) is 0 Å². The maximum absolute atomic E-state index is 12.5. The van der Waals surface area contributed by atoms with Gasteiger partial charge >= 0.3 is 12.1 Å². The van der Waals surface area contributed by atoms with E-state index in [9.17, 15) is 22.8 Å². The number of halogens is 4. The summed E-state index contributed by atoms with van der Waals surface area (Å²) in [5.41, 5.74) is -1.43. The summed E-state index contributed by atoms with van der Waals surface area (Å²) in [6, 6.07) is 5.78. The SMILES string of the molecule is O=C(O)c1cn(CC(F)(F)F)cc(-c2ccc(Cl)cc2)c1=O. The van der Waals surface area contributed by atoms with Gasteiger partial charge in [0, 0.05) is 23.0 Å². The Kier molecular flexibility index (Phi) is 4.27. The highest BCUT2D eigenvalue weighted by Gasteiger charge is 2.28. The molecular weight excluding hydrogens is 323 g/mol. The van der Waals surface area contributed by atoms with Crippen LogP contribution in [0.4, 0.5) is 13.2 Å². The molecule has 4 nitrogen and oxygen atoms in total. The van der Waals surface area contributed by atoms with E-state index < -0.39 is 29.7 Å². The summed E-state index contributed by atoms with van der Waals surface area (Å²) < 4.78 is 38.1. The second-order valence-electron chi connectivity index (χ2n) is 4.51. The predicted octanol–water partition coefficient (Wildman–Crippen LogP) is 3.43. The molecule has 0 saturated carbocycles. The smallest absolute Gasteiger partial charge is 0.406 e. The Balaban J connectivity index is 2.64. The molecule has 1 aromatic carbocycles. The minimum absolute atomic E-state index is 0.138. The van der Waals surface area contributed by atoms with Crippen LogP contribution in [0, 0.1) is 0 Å². The van der Waals surface area contributed by atoms with Crippen LogP contribution in [-0.4, -0.2) is 21.8 Å². The fourth-order valence-corrected chi connectivity index (χ4v) is 2.04. The van der Waals surface area contributed by atoms with Gasteiger partial charge in [-0.05, 0) is 17.7 Å². The van der Waals surface area contributed by atoms with Crippen molar-refractivity contribution in [1.29, 1.82) is 0 Å². The van der Waals surface area contributed by atoms with Crippen molar-refractivity contribution in [2.75, 3.05) is 0 Å². The summed E-state index contributed by atoms with van der Waals surface area (Å²) >= 11 is 5.71. The van der Waals surface area contributed by atoms with Crippen molar-refractivity contribution >= 4 is 17.6 Å². The van der Waals surface area contributed by atoms with Gasteiger partial charge in [-0.25, -0.2) is 4.79 Å². The Morgan fingerprint density at radius 1 is 1.18 bits per heavy atom. The third-order valence-corrected chi connectivity index (χ3v) is 3.08. The molecule has 22 heavy (non-hydrogen) atoms. The van der Waals surface area contributed by atoms with E-state index in [2.05, 4.69) is 0 Å². The number of aromatic nitrogens is 1. The molecule has 2 aromatic rings. The van der Waals surface area contributed by atoms with Crippen LogP contribution in [0.1, 0.15) is 10.4 Å². The molecule has 0 atom stereocenters. The lowest BCUT2D eigenvalue weighted by molar-refractivity contribution is -0.140. The summed E-state index contributed by atoms with van der Waals surface area (Å²) in [4.78, 5) is 23.2. The molecule has 8 heteroatoms. The van der Waals surface area contributed by atoms with E-state index in [1.165, 1.54) is 24.3 Å². The number of pyridine rings is 1. The van der Waals surface area contributed by atoms with Crippen molar-refractivity contribution in [3.05, 3.63) is 57.5 Å². The molecule has 116 valence electrons. The second-order valence-corrected chi connectivity index (χ2v) is 4.95. The zero-order valence-corrected chi connectivity index (χ0v) is 11.6. The van der Waals surface area contributed by atoms with E-state index in [1.807, 2.05) is 0 Å². The molecule has 1 aromatic heterocycles. The van der Waals surface area contributed by atoms with E-state index in [0.717, 1.165) is 6.20 Å². The first kappa shape index (κ1) is 16.1. The molecule has 0 spiro atoms. The fraction of sp³-hybridized carbons (Fsp3) is 0.143. The van der Waals surface area contributed by atoms with E-state index >= 15 is 0 Å². The van der Waals surface area contributed by atoms with Gasteiger partial charge in [0.25, 0.3) is 0 Å². The van der Waals surface area contributed by atoms with Gasteiger partial charge in [0.1, 0.15) is 12.1 Å².